The van der Waals surface area contributed by atoms with Gasteiger partial charge in [-0.1, -0.05) is 24.3 Å². The number of hydrogen-bond donors (Lipinski definition) is 1. The fourth-order valence-electron chi connectivity index (χ4n) is 3.30. The lowest BCUT2D eigenvalue weighted by molar-refractivity contribution is -0.117. The van der Waals surface area contributed by atoms with Gasteiger partial charge in [0.05, 0.1) is 6.54 Å². The average molecular weight is 330 g/mol. The maximum Gasteiger partial charge on any atom is 0.238 e. The van der Waals surface area contributed by atoms with Crippen LogP contribution in [0.4, 0.5) is 14.5 Å². The summed E-state index contributed by atoms with van der Waals surface area (Å²) >= 11 is 0. The third kappa shape index (κ3) is 3.62. The van der Waals surface area contributed by atoms with Crippen molar-refractivity contribution < 1.29 is 13.6 Å². The van der Waals surface area contributed by atoms with Gasteiger partial charge >= 0.3 is 0 Å². The zero-order valence-corrected chi connectivity index (χ0v) is 13.6. The molecule has 2 aromatic carbocycles. The Bertz CT molecular complexity index is 748. The fraction of sp³-hybridized carbons (Fsp3) is 0.316. The second kappa shape index (κ2) is 7.09. The van der Waals surface area contributed by atoms with Gasteiger partial charge in [0.25, 0.3) is 0 Å². The van der Waals surface area contributed by atoms with E-state index in [1.807, 2.05) is 24.1 Å². The topological polar surface area (TPSA) is 32.3 Å². The number of hydrogen-bond acceptors (Lipinski definition) is 2. The molecule has 1 atom stereocenters. The van der Waals surface area contributed by atoms with E-state index in [4.69, 9.17) is 0 Å². The monoisotopic (exact) mass is 330 g/mol. The van der Waals surface area contributed by atoms with Gasteiger partial charge in [-0.05, 0) is 49.6 Å². The smallest absolute Gasteiger partial charge is 0.238 e. The van der Waals surface area contributed by atoms with Gasteiger partial charge in [-0.25, -0.2) is 8.78 Å². The zero-order chi connectivity index (χ0) is 17.1. The first-order valence-electron chi connectivity index (χ1n) is 8.07. The third-order valence-corrected chi connectivity index (χ3v) is 4.47. The highest BCUT2D eigenvalue weighted by Crippen LogP contribution is 2.33. The van der Waals surface area contributed by atoms with E-state index in [9.17, 15) is 13.6 Å². The number of nitrogens with zero attached hydrogens (tertiary/aromatic N) is 1. The number of anilines is 1. The summed E-state index contributed by atoms with van der Waals surface area (Å²) in [5.74, 6) is -2.14. The van der Waals surface area contributed by atoms with E-state index >= 15 is 0 Å². The van der Waals surface area contributed by atoms with Gasteiger partial charge in [0, 0.05) is 17.8 Å². The molecule has 0 saturated carbocycles. The highest BCUT2D eigenvalue weighted by atomic mass is 19.2. The number of fused-ring (bicyclic) bond motifs is 1. The Morgan fingerprint density at radius 3 is 2.79 bits per heavy atom. The SMILES string of the molecule is CN(CC(=O)Nc1ccc(F)c(F)c1)[C@H]1CCCc2ccccc21. The Labute approximate surface area is 140 Å². The van der Waals surface area contributed by atoms with E-state index in [1.165, 1.54) is 17.2 Å². The molecule has 1 aliphatic carbocycles. The summed E-state index contributed by atoms with van der Waals surface area (Å²) in [6.07, 6.45) is 3.17. The quantitative estimate of drug-likeness (QED) is 0.922. The van der Waals surface area contributed by atoms with Crippen LogP contribution in [0.2, 0.25) is 0 Å². The molecular formula is C19H20F2N2O. The van der Waals surface area contributed by atoms with Crippen LogP contribution in [0.5, 0.6) is 0 Å². The van der Waals surface area contributed by atoms with Crippen LogP contribution in [0, 0.1) is 11.6 Å². The molecule has 0 bridgehead atoms. The lowest BCUT2D eigenvalue weighted by Crippen LogP contribution is -2.34. The van der Waals surface area contributed by atoms with Crippen LogP contribution in [-0.4, -0.2) is 24.4 Å². The van der Waals surface area contributed by atoms with E-state index in [1.54, 1.807) is 0 Å². The Hall–Kier alpha value is -2.27. The molecule has 1 aliphatic rings. The molecule has 3 nitrogen and oxygen atoms in total. The fourth-order valence-corrected chi connectivity index (χ4v) is 3.30. The van der Waals surface area contributed by atoms with Crippen LogP contribution in [0.1, 0.15) is 30.0 Å². The van der Waals surface area contributed by atoms with Gasteiger partial charge in [0.2, 0.25) is 5.91 Å². The van der Waals surface area contributed by atoms with Crippen LogP contribution in [-0.2, 0) is 11.2 Å². The molecule has 0 unspecified atom stereocenters. The molecule has 2 aromatic rings. The van der Waals surface area contributed by atoms with Crippen molar-refractivity contribution in [3.8, 4) is 0 Å². The predicted octanol–water partition coefficient (Wildman–Crippen LogP) is 3.91. The number of benzene rings is 2. The van der Waals surface area contributed by atoms with E-state index in [2.05, 4.69) is 17.4 Å². The zero-order valence-electron chi connectivity index (χ0n) is 13.6. The number of carbonyl (C=O) groups is 1. The Balaban J connectivity index is 1.65. The van der Waals surface area contributed by atoms with Crippen molar-refractivity contribution in [3.63, 3.8) is 0 Å². The number of carbonyl (C=O) groups excluding carboxylic acids is 1. The van der Waals surface area contributed by atoms with Crippen molar-refractivity contribution in [2.24, 2.45) is 0 Å². The summed E-state index contributed by atoms with van der Waals surface area (Å²) in [5.41, 5.74) is 2.87. The van der Waals surface area contributed by atoms with E-state index < -0.39 is 11.6 Å². The molecule has 0 spiro atoms. The largest absolute Gasteiger partial charge is 0.325 e. The summed E-state index contributed by atoms with van der Waals surface area (Å²) in [4.78, 5) is 14.2. The maximum atomic E-state index is 13.2. The first-order valence-corrected chi connectivity index (χ1v) is 8.07. The number of amides is 1. The normalized spacial score (nSPS) is 16.8. The summed E-state index contributed by atoms with van der Waals surface area (Å²) in [5, 5.41) is 2.62. The van der Waals surface area contributed by atoms with Gasteiger partial charge in [0.15, 0.2) is 11.6 Å². The van der Waals surface area contributed by atoms with Crippen molar-refractivity contribution in [1.29, 1.82) is 0 Å². The van der Waals surface area contributed by atoms with Crippen molar-refractivity contribution in [1.82, 2.24) is 4.90 Å². The van der Waals surface area contributed by atoms with Gasteiger partial charge in [-0.15, -0.1) is 0 Å². The molecule has 0 saturated heterocycles. The molecule has 0 radical (unpaired) electrons. The Morgan fingerprint density at radius 1 is 1.21 bits per heavy atom. The van der Waals surface area contributed by atoms with Crippen molar-refractivity contribution in [2.45, 2.75) is 25.3 Å². The first kappa shape index (κ1) is 16.6. The van der Waals surface area contributed by atoms with Gasteiger partial charge in [0.1, 0.15) is 0 Å². The molecule has 1 N–H and O–H groups in total. The molecule has 0 fully saturated rings. The van der Waals surface area contributed by atoms with Crippen molar-refractivity contribution in [3.05, 3.63) is 65.2 Å². The van der Waals surface area contributed by atoms with Crippen molar-refractivity contribution in [2.75, 3.05) is 18.9 Å². The van der Waals surface area contributed by atoms with Crippen LogP contribution in [0.3, 0.4) is 0 Å². The first-order chi connectivity index (χ1) is 11.5. The molecule has 3 rings (SSSR count). The number of aryl methyl sites for hydroxylation is 1. The molecule has 5 heteroatoms. The van der Waals surface area contributed by atoms with Gasteiger partial charge < -0.3 is 5.32 Å². The van der Waals surface area contributed by atoms with Crippen LogP contribution in [0.25, 0.3) is 0 Å². The predicted molar refractivity (Wildman–Crippen MR) is 89.7 cm³/mol. The minimum atomic E-state index is -0.970. The summed E-state index contributed by atoms with van der Waals surface area (Å²) in [7, 11) is 1.91. The number of halogens is 2. The molecular weight excluding hydrogens is 310 g/mol. The number of rotatable bonds is 4. The molecule has 24 heavy (non-hydrogen) atoms. The molecule has 0 aromatic heterocycles. The Kier molecular flexibility index (Phi) is 4.90. The van der Waals surface area contributed by atoms with E-state index in [0.717, 1.165) is 31.4 Å². The summed E-state index contributed by atoms with van der Waals surface area (Å²) in [6, 6.07) is 11.9. The lowest BCUT2D eigenvalue weighted by atomic mass is 9.87. The van der Waals surface area contributed by atoms with Crippen LogP contribution >= 0.6 is 0 Å². The highest BCUT2D eigenvalue weighted by molar-refractivity contribution is 5.92. The van der Waals surface area contributed by atoms with E-state index in [0.29, 0.717) is 0 Å². The standard InChI is InChI=1S/C19H20F2N2O/c1-23(18-8-4-6-13-5-2-3-7-15(13)18)12-19(24)22-14-9-10-16(20)17(21)11-14/h2-3,5,7,9-11,18H,4,6,8,12H2,1H3,(H,22,24)/t18-/m0/s1. The molecule has 0 heterocycles. The Morgan fingerprint density at radius 2 is 2.00 bits per heavy atom. The van der Waals surface area contributed by atoms with E-state index in [-0.39, 0.29) is 24.2 Å². The number of nitrogens with one attached hydrogen (secondary N) is 1. The number of likely N-dealkylation sites (N-methyl/N-ethyl adjacent to an activating group) is 1. The second-order valence-corrected chi connectivity index (χ2v) is 6.20. The molecule has 0 aliphatic heterocycles. The van der Waals surface area contributed by atoms with Gasteiger partial charge in [-0.2, -0.15) is 0 Å². The second-order valence-electron chi connectivity index (χ2n) is 6.20. The van der Waals surface area contributed by atoms with Crippen LogP contribution < -0.4 is 5.32 Å². The minimum absolute atomic E-state index is 0.192. The van der Waals surface area contributed by atoms with Gasteiger partial charge in [-0.3, -0.25) is 9.69 Å². The maximum absolute atomic E-state index is 13.2. The lowest BCUT2D eigenvalue weighted by Gasteiger charge is -2.32. The van der Waals surface area contributed by atoms with Crippen molar-refractivity contribution >= 4 is 11.6 Å². The molecule has 1 amide bonds. The average Bonchev–Trinajstić information content (AvgIpc) is 2.57. The van der Waals surface area contributed by atoms with Crippen LogP contribution in [0.15, 0.2) is 42.5 Å². The highest BCUT2D eigenvalue weighted by Gasteiger charge is 2.24. The minimum Gasteiger partial charge on any atom is -0.325 e. The third-order valence-electron chi connectivity index (χ3n) is 4.47. The summed E-state index contributed by atoms with van der Waals surface area (Å²) < 4.78 is 26.1. The summed E-state index contributed by atoms with van der Waals surface area (Å²) in [6.45, 7) is 0.192. The molecule has 126 valence electrons.